The van der Waals surface area contributed by atoms with E-state index in [1.165, 1.54) is 0 Å². The largest absolute Gasteiger partial charge is 0.444 e. The van der Waals surface area contributed by atoms with Gasteiger partial charge in [0.15, 0.2) is 0 Å². The van der Waals surface area contributed by atoms with Gasteiger partial charge in [-0.05, 0) is 52.7 Å². The van der Waals surface area contributed by atoms with Crippen molar-refractivity contribution in [3.05, 3.63) is 51.4 Å². The number of aryl methyl sites for hydroxylation is 1. The lowest BCUT2D eigenvalue weighted by molar-refractivity contribution is -0.116. The number of benzene rings is 1. The Morgan fingerprint density at radius 1 is 1.22 bits per heavy atom. The molecular formula is C26H37N5O5. The summed E-state index contributed by atoms with van der Waals surface area (Å²) in [6.07, 6.45) is -0.0147. The summed E-state index contributed by atoms with van der Waals surface area (Å²) in [6, 6.07) is 7.35. The summed E-state index contributed by atoms with van der Waals surface area (Å²) in [4.78, 5) is 49.0. The van der Waals surface area contributed by atoms with Crippen LogP contribution in [-0.4, -0.2) is 65.3 Å². The van der Waals surface area contributed by atoms with Crippen LogP contribution in [-0.2, 0) is 27.2 Å². The Bertz CT molecular complexity index is 1120. The second-order valence-electron chi connectivity index (χ2n) is 9.75. The van der Waals surface area contributed by atoms with E-state index in [2.05, 4.69) is 15.3 Å². The summed E-state index contributed by atoms with van der Waals surface area (Å²) in [5.74, 6) is 0.312. The lowest BCUT2D eigenvalue weighted by atomic mass is 10.1. The zero-order chi connectivity index (χ0) is 26.3. The van der Waals surface area contributed by atoms with Gasteiger partial charge in [-0.3, -0.25) is 14.6 Å². The molecule has 1 aromatic carbocycles. The molecule has 0 saturated carbocycles. The fourth-order valence-electron chi connectivity index (χ4n) is 3.88. The quantitative estimate of drug-likeness (QED) is 0.573. The number of ether oxygens (including phenoxy) is 2. The van der Waals surface area contributed by atoms with Crippen molar-refractivity contribution in [2.24, 2.45) is 0 Å². The monoisotopic (exact) mass is 499 g/mol. The third kappa shape index (κ3) is 7.55. The lowest BCUT2D eigenvalue weighted by Crippen LogP contribution is -2.38. The molecule has 2 N–H and O–H groups in total. The zero-order valence-electron chi connectivity index (χ0n) is 21.8. The Morgan fingerprint density at radius 3 is 2.56 bits per heavy atom. The highest BCUT2D eigenvalue weighted by Crippen LogP contribution is 2.20. The molecule has 2 heterocycles. The van der Waals surface area contributed by atoms with Gasteiger partial charge in [-0.2, -0.15) is 0 Å². The molecule has 10 heteroatoms. The van der Waals surface area contributed by atoms with E-state index in [0.29, 0.717) is 62.3 Å². The molecule has 36 heavy (non-hydrogen) atoms. The summed E-state index contributed by atoms with van der Waals surface area (Å²) < 4.78 is 10.8. The van der Waals surface area contributed by atoms with E-state index in [1.54, 1.807) is 17.9 Å². The molecular weight excluding hydrogens is 462 g/mol. The molecule has 2 amide bonds. The Morgan fingerprint density at radius 2 is 1.92 bits per heavy atom. The number of hydrogen-bond donors (Lipinski definition) is 2. The van der Waals surface area contributed by atoms with Crippen LogP contribution >= 0.6 is 0 Å². The van der Waals surface area contributed by atoms with Crippen LogP contribution in [0, 0.1) is 6.92 Å². The maximum absolute atomic E-state index is 12.8. The summed E-state index contributed by atoms with van der Waals surface area (Å²) in [5, 5.41) is 2.93. The van der Waals surface area contributed by atoms with E-state index in [-0.39, 0.29) is 24.3 Å². The Balaban J connectivity index is 1.64. The minimum absolute atomic E-state index is 0.125. The van der Waals surface area contributed by atoms with Crippen LogP contribution in [0.3, 0.4) is 0 Å². The summed E-state index contributed by atoms with van der Waals surface area (Å²) in [6.45, 7) is 12.4. The molecule has 0 unspecified atom stereocenters. The van der Waals surface area contributed by atoms with E-state index in [0.717, 1.165) is 5.56 Å². The van der Waals surface area contributed by atoms with Crippen molar-refractivity contribution in [2.75, 3.05) is 43.1 Å². The first-order chi connectivity index (χ1) is 17.1. The van der Waals surface area contributed by atoms with Crippen LogP contribution in [0.25, 0.3) is 0 Å². The van der Waals surface area contributed by atoms with Crippen molar-refractivity contribution in [3.8, 4) is 0 Å². The second-order valence-corrected chi connectivity index (χ2v) is 9.75. The van der Waals surface area contributed by atoms with Crippen LogP contribution in [0.1, 0.15) is 50.9 Å². The molecule has 0 spiro atoms. The van der Waals surface area contributed by atoms with Crippen molar-refractivity contribution in [1.82, 2.24) is 14.9 Å². The van der Waals surface area contributed by atoms with Crippen LogP contribution in [0.15, 0.2) is 29.1 Å². The predicted molar refractivity (Wildman–Crippen MR) is 138 cm³/mol. The lowest BCUT2D eigenvalue weighted by Gasteiger charge is -2.27. The van der Waals surface area contributed by atoms with Gasteiger partial charge in [0.05, 0.1) is 19.8 Å². The maximum atomic E-state index is 12.8. The highest BCUT2D eigenvalue weighted by atomic mass is 16.6. The number of nitrogens with zero attached hydrogens (tertiary/aromatic N) is 3. The van der Waals surface area contributed by atoms with Crippen LogP contribution in [0.5, 0.6) is 0 Å². The van der Waals surface area contributed by atoms with Crippen molar-refractivity contribution in [1.29, 1.82) is 0 Å². The topological polar surface area (TPSA) is 117 Å². The molecule has 1 aliphatic heterocycles. The van der Waals surface area contributed by atoms with Crippen molar-refractivity contribution >= 4 is 23.6 Å². The normalized spacial score (nSPS) is 13.9. The Kier molecular flexibility index (Phi) is 9.08. The molecule has 1 fully saturated rings. The number of H-pyrrole nitrogens is 1. The highest BCUT2D eigenvalue weighted by molar-refractivity contribution is 5.91. The molecule has 0 atom stereocenters. The molecule has 1 aliphatic rings. The van der Waals surface area contributed by atoms with Gasteiger partial charge in [-0.15, -0.1) is 0 Å². The van der Waals surface area contributed by atoms with Crippen LogP contribution in [0.4, 0.5) is 16.4 Å². The number of anilines is 2. The van der Waals surface area contributed by atoms with Gasteiger partial charge in [0.25, 0.3) is 5.56 Å². The number of carbonyl (C=O) groups is 2. The average Bonchev–Trinajstić information content (AvgIpc) is 2.82. The summed E-state index contributed by atoms with van der Waals surface area (Å²) in [5.41, 5.74) is 1.71. The third-order valence-electron chi connectivity index (χ3n) is 5.81. The number of aromatic nitrogens is 2. The van der Waals surface area contributed by atoms with Gasteiger partial charge < -0.3 is 24.6 Å². The SMILES string of the molecule is CCN(Cc1ccccc1NC(=O)CCc1c(C)nc(N2CCOCC2)[nH]c1=O)C(=O)OC(C)(C)C. The molecule has 0 aliphatic carbocycles. The number of rotatable bonds is 8. The van der Waals surface area contributed by atoms with Crippen molar-refractivity contribution in [3.63, 3.8) is 0 Å². The van der Waals surface area contributed by atoms with E-state index in [9.17, 15) is 14.4 Å². The molecule has 0 bridgehead atoms. The molecule has 196 valence electrons. The van der Waals surface area contributed by atoms with E-state index in [4.69, 9.17) is 9.47 Å². The Hall–Kier alpha value is -3.40. The Labute approximate surface area is 212 Å². The first kappa shape index (κ1) is 27.2. The number of amides is 2. The summed E-state index contributed by atoms with van der Waals surface area (Å²) in [7, 11) is 0. The van der Waals surface area contributed by atoms with Gasteiger partial charge in [0.1, 0.15) is 5.60 Å². The fourth-order valence-corrected chi connectivity index (χ4v) is 3.88. The number of nitrogens with one attached hydrogen (secondary N) is 2. The third-order valence-corrected chi connectivity index (χ3v) is 5.81. The maximum Gasteiger partial charge on any atom is 0.410 e. The molecule has 0 radical (unpaired) electrons. The van der Waals surface area contributed by atoms with Gasteiger partial charge >= 0.3 is 6.09 Å². The minimum atomic E-state index is -0.594. The summed E-state index contributed by atoms with van der Waals surface area (Å²) >= 11 is 0. The average molecular weight is 500 g/mol. The minimum Gasteiger partial charge on any atom is -0.444 e. The number of aromatic amines is 1. The van der Waals surface area contributed by atoms with Gasteiger partial charge in [-0.25, -0.2) is 9.78 Å². The number of carbonyl (C=O) groups excluding carboxylic acids is 2. The fraction of sp³-hybridized carbons (Fsp3) is 0.538. The smallest absolute Gasteiger partial charge is 0.410 e. The second kappa shape index (κ2) is 12.0. The predicted octanol–water partition coefficient (Wildman–Crippen LogP) is 3.24. The van der Waals surface area contributed by atoms with Crippen LogP contribution in [0.2, 0.25) is 0 Å². The van der Waals surface area contributed by atoms with E-state index >= 15 is 0 Å². The van der Waals surface area contributed by atoms with Gasteiger partial charge in [-0.1, -0.05) is 18.2 Å². The number of morpholine rings is 1. The molecule has 2 aromatic rings. The highest BCUT2D eigenvalue weighted by Gasteiger charge is 2.22. The van der Waals surface area contributed by atoms with Gasteiger partial charge in [0, 0.05) is 43.0 Å². The van der Waals surface area contributed by atoms with E-state index < -0.39 is 11.7 Å². The molecule has 3 rings (SSSR count). The van der Waals surface area contributed by atoms with Crippen LogP contribution < -0.4 is 15.8 Å². The number of para-hydroxylation sites is 1. The molecule has 1 saturated heterocycles. The van der Waals surface area contributed by atoms with Crippen molar-refractivity contribution in [2.45, 2.75) is 59.6 Å². The van der Waals surface area contributed by atoms with E-state index in [1.807, 2.05) is 50.8 Å². The zero-order valence-corrected chi connectivity index (χ0v) is 21.8. The molecule has 10 nitrogen and oxygen atoms in total. The molecule has 1 aromatic heterocycles. The first-order valence-corrected chi connectivity index (χ1v) is 12.4. The van der Waals surface area contributed by atoms with Crippen molar-refractivity contribution < 1.29 is 19.1 Å². The number of hydrogen-bond acceptors (Lipinski definition) is 7. The standard InChI is InChI=1S/C26H37N5O5/c1-6-30(25(34)36-26(3,4)5)17-19-9-7-8-10-21(19)28-22(32)12-11-20-18(2)27-24(29-23(20)33)31-13-15-35-16-14-31/h7-10H,6,11-17H2,1-5H3,(H,28,32)(H,27,29,33). The van der Waals surface area contributed by atoms with Gasteiger partial charge in [0.2, 0.25) is 11.9 Å². The first-order valence-electron chi connectivity index (χ1n) is 12.4.